The Morgan fingerprint density at radius 3 is 2.78 bits per heavy atom. The summed E-state index contributed by atoms with van der Waals surface area (Å²) in [5, 5.41) is 4.58. The molecule has 0 aliphatic carbocycles. The molecule has 1 N–H and O–H groups in total. The second-order valence-electron chi connectivity index (χ2n) is 7.47. The molecule has 0 spiro atoms. The Morgan fingerprint density at radius 1 is 1.16 bits per heavy atom. The van der Waals surface area contributed by atoms with Crippen molar-refractivity contribution in [1.29, 1.82) is 0 Å². The van der Waals surface area contributed by atoms with Gasteiger partial charge in [0.2, 0.25) is 11.2 Å². The molecule has 0 saturated heterocycles. The highest BCUT2D eigenvalue weighted by atomic mass is 32.2. The molecule has 32 heavy (non-hydrogen) atoms. The number of fused-ring (bicyclic) bond motifs is 3. The van der Waals surface area contributed by atoms with E-state index in [1.165, 1.54) is 36.0 Å². The van der Waals surface area contributed by atoms with E-state index in [1.807, 2.05) is 29.3 Å². The number of hydrogen-bond donors (Lipinski definition) is 1. The number of thioether (sulfide) groups is 1. The summed E-state index contributed by atoms with van der Waals surface area (Å²) in [6, 6.07) is 13.3. The zero-order valence-corrected chi connectivity index (χ0v) is 17.8. The van der Waals surface area contributed by atoms with Crippen molar-refractivity contribution < 1.29 is 18.7 Å². The highest BCUT2D eigenvalue weighted by Gasteiger charge is 2.36. The zero-order valence-electron chi connectivity index (χ0n) is 17.0. The van der Waals surface area contributed by atoms with E-state index < -0.39 is 23.3 Å². The molecule has 2 aliphatic heterocycles. The number of hydrogen-bond acceptors (Lipinski definition) is 6. The summed E-state index contributed by atoms with van der Waals surface area (Å²) in [7, 11) is 0. The van der Waals surface area contributed by atoms with Crippen LogP contribution >= 0.6 is 11.8 Å². The Balaban J connectivity index is 1.76. The first-order valence-electron chi connectivity index (χ1n) is 9.93. The second kappa shape index (κ2) is 7.83. The predicted molar refractivity (Wildman–Crippen MR) is 117 cm³/mol. The number of carbonyl (C=O) groups excluding carboxylic acids is 2. The summed E-state index contributed by atoms with van der Waals surface area (Å²) in [5.41, 5.74) is 2.13. The molecule has 1 atom stereocenters. The first-order valence-corrected chi connectivity index (χ1v) is 10.9. The van der Waals surface area contributed by atoms with Crippen LogP contribution in [0.15, 0.2) is 64.4 Å². The van der Waals surface area contributed by atoms with E-state index in [4.69, 9.17) is 4.74 Å². The molecule has 1 amide bonds. The number of rotatable bonds is 2. The highest BCUT2D eigenvalue weighted by Crippen LogP contribution is 2.42. The lowest BCUT2D eigenvalue weighted by Gasteiger charge is -2.40. The minimum absolute atomic E-state index is 0.0775. The van der Waals surface area contributed by atoms with Crippen LogP contribution in [-0.4, -0.2) is 23.2 Å². The zero-order chi connectivity index (χ0) is 22.4. The Hall–Kier alpha value is -3.59. The number of ether oxygens (including phenoxy) is 1. The topological polar surface area (TPSA) is 80.6 Å². The summed E-state index contributed by atoms with van der Waals surface area (Å²) >= 11 is 1.62. The number of benzene rings is 2. The van der Waals surface area contributed by atoms with E-state index >= 15 is 0 Å². The average molecular weight is 451 g/mol. The van der Waals surface area contributed by atoms with Gasteiger partial charge in [-0.1, -0.05) is 24.3 Å². The highest BCUT2D eigenvalue weighted by molar-refractivity contribution is 7.98. The third-order valence-electron chi connectivity index (χ3n) is 5.47. The van der Waals surface area contributed by atoms with Gasteiger partial charge in [-0.2, -0.15) is 0 Å². The van der Waals surface area contributed by atoms with Crippen molar-refractivity contribution in [1.82, 2.24) is 9.99 Å². The van der Waals surface area contributed by atoms with Gasteiger partial charge in [-0.05, 0) is 34.9 Å². The maximum Gasteiger partial charge on any atom is 0.308 e. The van der Waals surface area contributed by atoms with Crippen molar-refractivity contribution in [3.63, 3.8) is 0 Å². The number of aromatic nitrogens is 1. The van der Waals surface area contributed by atoms with E-state index in [9.17, 15) is 18.8 Å². The number of halogens is 1. The lowest BCUT2D eigenvalue weighted by atomic mass is 9.94. The Morgan fingerprint density at radius 2 is 1.97 bits per heavy atom. The van der Waals surface area contributed by atoms with Crippen LogP contribution in [0.2, 0.25) is 0 Å². The van der Waals surface area contributed by atoms with Crippen LogP contribution in [0.4, 0.5) is 4.39 Å². The number of nitrogens with one attached hydrogen (secondary N) is 1. The van der Waals surface area contributed by atoms with Crippen LogP contribution in [0.3, 0.4) is 0 Å². The van der Waals surface area contributed by atoms with E-state index in [0.717, 1.165) is 21.6 Å². The van der Waals surface area contributed by atoms with Gasteiger partial charge in [0.1, 0.15) is 12.5 Å². The van der Waals surface area contributed by atoms with Gasteiger partial charge in [0.25, 0.3) is 5.91 Å². The minimum Gasteiger partial charge on any atom is -0.420 e. The van der Waals surface area contributed by atoms with E-state index in [0.29, 0.717) is 5.75 Å². The van der Waals surface area contributed by atoms with E-state index in [1.54, 1.807) is 17.8 Å². The molecule has 0 fully saturated rings. The summed E-state index contributed by atoms with van der Waals surface area (Å²) in [6.45, 7) is 1.27. The van der Waals surface area contributed by atoms with Gasteiger partial charge in [-0.25, -0.2) is 4.39 Å². The molecular weight excluding hydrogens is 433 g/mol. The van der Waals surface area contributed by atoms with Crippen LogP contribution in [-0.2, 0) is 10.5 Å². The fourth-order valence-corrected chi connectivity index (χ4v) is 5.22. The summed E-state index contributed by atoms with van der Waals surface area (Å²) < 4.78 is 21.0. The molecule has 1 aromatic heterocycles. The summed E-state index contributed by atoms with van der Waals surface area (Å²) in [5.74, 6) is -1.23. The Bertz CT molecular complexity index is 1320. The van der Waals surface area contributed by atoms with Gasteiger partial charge in [-0.15, -0.1) is 11.8 Å². The molecule has 9 heteroatoms. The molecule has 0 bridgehead atoms. The normalized spacial score (nSPS) is 16.9. The molecule has 0 saturated carbocycles. The maximum atomic E-state index is 14.4. The fraction of sp³-hybridized carbons (Fsp3) is 0.174. The van der Waals surface area contributed by atoms with Crippen molar-refractivity contribution in [3.8, 4) is 5.75 Å². The van der Waals surface area contributed by atoms with Crippen LogP contribution < -0.4 is 20.5 Å². The third kappa shape index (κ3) is 3.34. The lowest BCUT2D eigenvalue weighted by Crippen LogP contribution is -2.54. The molecule has 2 aliphatic rings. The monoisotopic (exact) mass is 451 g/mol. The van der Waals surface area contributed by atoms with Gasteiger partial charge >= 0.3 is 5.97 Å². The Labute approximate surface area is 186 Å². The molecule has 162 valence electrons. The Kier molecular flexibility index (Phi) is 4.97. The van der Waals surface area contributed by atoms with E-state index in [-0.39, 0.29) is 23.9 Å². The molecular formula is C23H18FN3O4S. The standard InChI is InChI=1S/C23H18FN3O4S/c1-13(28)31-22-18(29)8-9-26-21(22)23(30)25-12-27(26)20-16-5-3-2-4-14(16)11-32-19-7-6-15(24)10-17(19)20/h2-10,20H,11-12H2,1H3,(H,25,30). The van der Waals surface area contributed by atoms with Crippen LogP contribution in [0.1, 0.15) is 40.1 Å². The number of carbonyl (C=O) groups is 2. The smallest absolute Gasteiger partial charge is 0.308 e. The first-order chi connectivity index (χ1) is 15.4. The molecule has 1 unspecified atom stereocenters. The number of esters is 1. The molecule has 5 rings (SSSR count). The molecule has 0 radical (unpaired) electrons. The van der Waals surface area contributed by atoms with Crippen molar-refractivity contribution in [2.24, 2.45) is 0 Å². The van der Waals surface area contributed by atoms with Crippen LogP contribution in [0.5, 0.6) is 5.75 Å². The van der Waals surface area contributed by atoms with E-state index in [2.05, 4.69) is 5.32 Å². The molecule has 3 aromatic rings. The third-order valence-corrected chi connectivity index (χ3v) is 6.61. The number of pyridine rings is 1. The largest absolute Gasteiger partial charge is 0.420 e. The van der Waals surface area contributed by atoms with Crippen molar-refractivity contribution in [3.05, 3.63) is 93.2 Å². The fourth-order valence-electron chi connectivity index (χ4n) is 4.14. The SMILES string of the molecule is CC(=O)Oc1c2n(ccc1=O)N(C1c3ccccc3CSc3ccc(F)cc31)CNC2=O. The van der Waals surface area contributed by atoms with Gasteiger partial charge < -0.3 is 10.1 Å². The number of nitrogens with zero attached hydrogens (tertiary/aromatic N) is 2. The van der Waals surface area contributed by atoms with Gasteiger partial charge in [0.15, 0.2) is 5.69 Å². The van der Waals surface area contributed by atoms with Crippen molar-refractivity contribution in [2.75, 3.05) is 11.7 Å². The molecule has 2 aromatic carbocycles. The van der Waals surface area contributed by atoms with Crippen molar-refractivity contribution >= 4 is 23.6 Å². The van der Waals surface area contributed by atoms with Gasteiger partial charge in [0.05, 0.1) is 6.04 Å². The number of amides is 1. The van der Waals surface area contributed by atoms with Gasteiger partial charge in [0, 0.05) is 29.8 Å². The quantitative estimate of drug-likeness (QED) is 0.604. The van der Waals surface area contributed by atoms with Crippen LogP contribution in [0.25, 0.3) is 0 Å². The summed E-state index contributed by atoms with van der Waals surface area (Å²) in [6.07, 6.45) is 1.48. The minimum atomic E-state index is -0.704. The predicted octanol–water partition coefficient (Wildman–Crippen LogP) is 2.95. The summed E-state index contributed by atoms with van der Waals surface area (Å²) in [4.78, 5) is 37.7. The molecule has 3 heterocycles. The average Bonchev–Trinajstić information content (AvgIpc) is 2.92. The van der Waals surface area contributed by atoms with Crippen molar-refractivity contribution in [2.45, 2.75) is 23.6 Å². The molecule has 7 nitrogen and oxygen atoms in total. The lowest BCUT2D eigenvalue weighted by molar-refractivity contribution is -0.132. The van der Waals surface area contributed by atoms with Gasteiger partial charge in [-0.3, -0.25) is 24.1 Å². The second-order valence-corrected chi connectivity index (χ2v) is 8.49. The first kappa shape index (κ1) is 20.3. The van der Waals surface area contributed by atoms with Crippen LogP contribution in [0, 0.1) is 5.82 Å². The maximum absolute atomic E-state index is 14.4.